The first-order valence-corrected chi connectivity index (χ1v) is 9.91. The van der Waals surface area contributed by atoms with Crippen LogP contribution in [0, 0.1) is 0 Å². The Bertz CT molecular complexity index is 875. The van der Waals surface area contributed by atoms with E-state index in [0.717, 1.165) is 29.5 Å². The van der Waals surface area contributed by atoms with Crippen molar-refractivity contribution in [3.05, 3.63) is 59.7 Å². The maximum absolute atomic E-state index is 12.0. The Balaban J connectivity index is 1.59. The lowest BCUT2D eigenvalue weighted by atomic mass is 9.84. The molecule has 0 fully saturated rings. The zero-order valence-electron chi connectivity index (χ0n) is 17.6. The minimum Gasteiger partial charge on any atom is -0.497 e. The average Bonchev–Trinajstić information content (AvgIpc) is 2.73. The molecule has 29 heavy (non-hydrogen) atoms. The molecule has 1 aliphatic heterocycles. The number of rotatable bonds is 6. The molecule has 0 saturated carbocycles. The van der Waals surface area contributed by atoms with E-state index in [1.54, 1.807) is 14.2 Å². The molecule has 1 atom stereocenters. The molecular formula is C23H30N4O2. The van der Waals surface area contributed by atoms with Gasteiger partial charge in [0, 0.05) is 43.6 Å². The predicted molar refractivity (Wildman–Crippen MR) is 118 cm³/mol. The van der Waals surface area contributed by atoms with E-state index in [4.69, 9.17) is 4.74 Å². The molecule has 0 radical (unpaired) electrons. The molecule has 2 aromatic rings. The number of guanidine groups is 1. The normalized spacial score (nSPS) is 16.6. The van der Waals surface area contributed by atoms with E-state index in [1.807, 2.05) is 30.3 Å². The van der Waals surface area contributed by atoms with Gasteiger partial charge < -0.3 is 20.7 Å². The summed E-state index contributed by atoms with van der Waals surface area (Å²) in [6.45, 7) is 5.75. The molecule has 1 heterocycles. The van der Waals surface area contributed by atoms with Gasteiger partial charge in [-0.1, -0.05) is 44.2 Å². The van der Waals surface area contributed by atoms with Crippen molar-refractivity contribution in [2.75, 3.05) is 32.6 Å². The van der Waals surface area contributed by atoms with Gasteiger partial charge in [0.15, 0.2) is 5.96 Å². The molecule has 1 unspecified atom stereocenters. The summed E-state index contributed by atoms with van der Waals surface area (Å²) in [6.07, 6.45) is 0.471. The first-order chi connectivity index (χ1) is 13.9. The molecule has 1 aliphatic rings. The van der Waals surface area contributed by atoms with Crippen LogP contribution in [0.4, 0.5) is 5.69 Å². The maximum atomic E-state index is 12.0. The molecule has 6 heteroatoms. The van der Waals surface area contributed by atoms with Crippen molar-refractivity contribution in [3.8, 4) is 5.75 Å². The molecule has 0 aromatic heterocycles. The van der Waals surface area contributed by atoms with E-state index >= 15 is 0 Å². The van der Waals surface area contributed by atoms with E-state index in [9.17, 15) is 4.79 Å². The zero-order chi connectivity index (χ0) is 20.9. The molecule has 2 aromatic carbocycles. The lowest BCUT2D eigenvalue weighted by molar-refractivity contribution is -0.116. The van der Waals surface area contributed by atoms with Crippen molar-refractivity contribution in [2.24, 2.45) is 4.99 Å². The van der Waals surface area contributed by atoms with Crippen LogP contribution < -0.4 is 20.7 Å². The van der Waals surface area contributed by atoms with Gasteiger partial charge in [-0.3, -0.25) is 9.79 Å². The topological polar surface area (TPSA) is 74.8 Å². The van der Waals surface area contributed by atoms with E-state index in [-0.39, 0.29) is 17.2 Å². The molecule has 154 valence electrons. The number of anilines is 1. The predicted octanol–water partition coefficient (Wildman–Crippen LogP) is 3.26. The van der Waals surface area contributed by atoms with Crippen LogP contribution in [0.25, 0.3) is 0 Å². The van der Waals surface area contributed by atoms with Crippen molar-refractivity contribution in [3.63, 3.8) is 0 Å². The zero-order valence-corrected chi connectivity index (χ0v) is 17.6. The summed E-state index contributed by atoms with van der Waals surface area (Å²) in [5, 5.41) is 9.74. The van der Waals surface area contributed by atoms with Crippen molar-refractivity contribution < 1.29 is 9.53 Å². The van der Waals surface area contributed by atoms with Crippen LogP contribution in [-0.4, -0.2) is 39.1 Å². The van der Waals surface area contributed by atoms with Crippen molar-refractivity contribution in [1.29, 1.82) is 0 Å². The Kier molecular flexibility index (Phi) is 6.42. The first kappa shape index (κ1) is 20.7. The number of para-hydroxylation sites is 1. The molecule has 0 bridgehead atoms. The van der Waals surface area contributed by atoms with Crippen molar-refractivity contribution in [2.45, 2.75) is 31.6 Å². The summed E-state index contributed by atoms with van der Waals surface area (Å²) in [4.78, 5) is 16.4. The molecule has 0 saturated heterocycles. The number of benzene rings is 2. The van der Waals surface area contributed by atoms with Gasteiger partial charge in [0.1, 0.15) is 5.75 Å². The van der Waals surface area contributed by atoms with Gasteiger partial charge in [-0.05, 0) is 29.3 Å². The summed E-state index contributed by atoms with van der Waals surface area (Å²) in [6, 6.07) is 16.1. The Hall–Kier alpha value is -3.02. The summed E-state index contributed by atoms with van der Waals surface area (Å²) in [7, 11) is 3.43. The maximum Gasteiger partial charge on any atom is 0.225 e. The Morgan fingerprint density at radius 3 is 2.59 bits per heavy atom. The standard InChI is InChI=1S/C23H30N4O2/c1-23(2,17-9-11-18(29-4)12-10-17)15-26-22(24-3)25-14-16-13-21(28)27-20-8-6-5-7-19(16)20/h5-12,16H,13-15H2,1-4H3,(H,27,28)(H2,24,25,26). The number of aliphatic imine (C=N–C) groups is 1. The van der Waals surface area contributed by atoms with Gasteiger partial charge in [0.2, 0.25) is 5.91 Å². The van der Waals surface area contributed by atoms with Crippen LogP contribution in [-0.2, 0) is 10.2 Å². The fourth-order valence-corrected chi connectivity index (χ4v) is 3.57. The highest BCUT2D eigenvalue weighted by atomic mass is 16.5. The smallest absolute Gasteiger partial charge is 0.225 e. The van der Waals surface area contributed by atoms with E-state index in [1.165, 1.54) is 5.56 Å². The van der Waals surface area contributed by atoms with Gasteiger partial charge in [-0.2, -0.15) is 0 Å². The molecular weight excluding hydrogens is 364 g/mol. The summed E-state index contributed by atoms with van der Waals surface area (Å²) in [5.74, 6) is 1.76. The highest BCUT2D eigenvalue weighted by Gasteiger charge is 2.25. The van der Waals surface area contributed by atoms with Crippen LogP contribution in [0.3, 0.4) is 0 Å². The quantitative estimate of drug-likeness (QED) is 0.519. The number of carbonyl (C=O) groups excluding carboxylic acids is 1. The highest BCUT2D eigenvalue weighted by molar-refractivity contribution is 5.94. The fraction of sp³-hybridized carbons (Fsp3) is 0.391. The monoisotopic (exact) mass is 394 g/mol. The number of carbonyl (C=O) groups is 1. The Labute approximate surface area is 172 Å². The van der Waals surface area contributed by atoms with Crippen LogP contribution in [0.15, 0.2) is 53.5 Å². The van der Waals surface area contributed by atoms with Gasteiger partial charge in [-0.15, -0.1) is 0 Å². The van der Waals surface area contributed by atoms with Crippen LogP contribution in [0.2, 0.25) is 0 Å². The van der Waals surface area contributed by atoms with Crippen molar-refractivity contribution in [1.82, 2.24) is 10.6 Å². The van der Waals surface area contributed by atoms with Crippen LogP contribution >= 0.6 is 0 Å². The minimum atomic E-state index is -0.0821. The van der Waals surface area contributed by atoms with Gasteiger partial charge in [-0.25, -0.2) is 0 Å². The number of hydrogen-bond donors (Lipinski definition) is 3. The van der Waals surface area contributed by atoms with Crippen LogP contribution in [0.5, 0.6) is 5.75 Å². The lowest BCUT2D eigenvalue weighted by Gasteiger charge is -2.29. The van der Waals surface area contributed by atoms with Gasteiger partial charge in [0.25, 0.3) is 0 Å². The number of hydrogen-bond acceptors (Lipinski definition) is 3. The number of amides is 1. The molecule has 3 N–H and O–H groups in total. The first-order valence-electron chi connectivity index (χ1n) is 9.91. The largest absolute Gasteiger partial charge is 0.497 e. The number of nitrogens with one attached hydrogen (secondary N) is 3. The Morgan fingerprint density at radius 2 is 1.90 bits per heavy atom. The highest BCUT2D eigenvalue weighted by Crippen LogP contribution is 2.31. The van der Waals surface area contributed by atoms with Gasteiger partial charge >= 0.3 is 0 Å². The van der Waals surface area contributed by atoms with E-state index in [2.05, 4.69) is 53.0 Å². The third-order valence-electron chi connectivity index (χ3n) is 5.42. The second-order valence-electron chi connectivity index (χ2n) is 7.96. The van der Waals surface area contributed by atoms with Crippen LogP contribution in [0.1, 0.15) is 37.3 Å². The van der Waals surface area contributed by atoms with E-state index < -0.39 is 0 Å². The fourth-order valence-electron chi connectivity index (χ4n) is 3.57. The SMILES string of the molecule is CN=C(NCC1CC(=O)Nc2ccccc21)NCC(C)(C)c1ccc(OC)cc1. The number of nitrogens with zero attached hydrogens (tertiary/aromatic N) is 1. The number of ether oxygens (including phenoxy) is 1. The van der Waals surface area contributed by atoms with Crippen molar-refractivity contribution >= 4 is 17.6 Å². The van der Waals surface area contributed by atoms with E-state index in [0.29, 0.717) is 13.0 Å². The third-order valence-corrected chi connectivity index (χ3v) is 5.42. The third kappa shape index (κ3) is 5.08. The second kappa shape index (κ2) is 8.99. The summed E-state index contributed by atoms with van der Waals surface area (Å²) in [5.41, 5.74) is 3.20. The van der Waals surface area contributed by atoms with Gasteiger partial charge in [0.05, 0.1) is 7.11 Å². The molecule has 3 rings (SSSR count). The average molecular weight is 395 g/mol. The second-order valence-corrected chi connectivity index (χ2v) is 7.96. The molecule has 6 nitrogen and oxygen atoms in total. The summed E-state index contributed by atoms with van der Waals surface area (Å²) >= 11 is 0. The lowest BCUT2D eigenvalue weighted by Crippen LogP contribution is -2.45. The summed E-state index contributed by atoms with van der Waals surface area (Å²) < 4.78 is 5.25. The molecule has 0 spiro atoms. The molecule has 1 amide bonds. The number of methoxy groups -OCH3 is 1. The minimum absolute atomic E-state index is 0.0547. The number of fused-ring (bicyclic) bond motifs is 1. The molecule has 0 aliphatic carbocycles. The Morgan fingerprint density at radius 1 is 1.17 bits per heavy atom.